The number of benzene rings is 2. The topological polar surface area (TPSA) is 75.7 Å². The van der Waals surface area contributed by atoms with Crippen LogP contribution in [-0.2, 0) is 14.8 Å². The number of piperidine rings is 1. The minimum atomic E-state index is -3.67. The third kappa shape index (κ3) is 2.46. The van der Waals surface area contributed by atoms with Gasteiger partial charge >= 0.3 is 0 Å². The average molecular weight is 401 g/mol. The summed E-state index contributed by atoms with van der Waals surface area (Å²) in [5, 5.41) is 4.14. The van der Waals surface area contributed by atoms with Crippen molar-refractivity contribution in [3.63, 3.8) is 0 Å². The Hall–Kier alpha value is -1.96. The van der Waals surface area contributed by atoms with Crippen molar-refractivity contribution in [1.82, 2.24) is 4.31 Å². The largest absolute Gasteiger partial charge is 0.381 e. The molecule has 0 bridgehead atoms. The molecule has 148 valence electrons. The van der Waals surface area contributed by atoms with Gasteiger partial charge in [-0.2, -0.15) is 4.31 Å². The monoisotopic (exact) mass is 400 g/mol. The van der Waals surface area contributed by atoms with Crippen LogP contribution in [0.4, 0.5) is 5.69 Å². The van der Waals surface area contributed by atoms with Gasteiger partial charge in [-0.3, -0.25) is 4.79 Å². The van der Waals surface area contributed by atoms with Crippen LogP contribution in [0.5, 0.6) is 0 Å². The first-order valence-electron chi connectivity index (χ1n) is 9.86. The molecule has 2 atom stereocenters. The van der Waals surface area contributed by atoms with E-state index in [-0.39, 0.29) is 22.3 Å². The van der Waals surface area contributed by atoms with Crippen molar-refractivity contribution in [2.24, 2.45) is 5.41 Å². The van der Waals surface area contributed by atoms with Gasteiger partial charge in [0.15, 0.2) is 0 Å². The van der Waals surface area contributed by atoms with Crippen molar-refractivity contribution in [2.45, 2.75) is 43.1 Å². The lowest BCUT2D eigenvalue weighted by atomic mass is 9.77. The predicted molar refractivity (Wildman–Crippen MR) is 107 cm³/mol. The number of rotatable bonds is 3. The van der Waals surface area contributed by atoms with Crippen LogP contribution in [0, 0.1) is 5.41 Å². The van der Waals surface area contributed by atoms with Crippen LogP contribution in [0.3, 0.4) is 0 Å². The van der Waals surface area contributed by atoms with Crippen LogP contribution in [-0.4, -0.2) is 44.9 Å². The summed E-state index contributed by atoms with van der Waals surface area (Å²) in [7, 11) is -1.93. The Bertz CT molecular complexity index is 1080. The van der Waals surface area contributed by atoms with Crippen LogP contribution in [0.1, 0.15) is 42.5 Å². The molecule has 0 radical (unpaired) electrons. The molecule has 1 N–H and O–H groups in total. The van der Waals surface area contributed by atoms with Gasteiger partial charge in [0.25, 0.3) is 5.91 Å². The molecule has 6 nitrogen and oxygen atoms in total. The number of carbonyl (C=O) groups is 1. The van der Waals surface area contributed by atoms with Crippen LogP contribution >= 0.6 is 0 Å². The van der Waals surface area contributed by atoms with E-state index >= 15 is 0 Å². The van der Waals surface area contributed by atoms with Crippen LogP contribution in [0.2, 0.25) is 0 Å². The molecule has 2 fully saturated rings. The van der Waals surface area contributed by atoms with E-state index in [9.17, 15) is 13.2 Å². The first-order chi connectivity index (χ1) is 13.5. The summed E-state index contributed by atoms with van der Waals surface area (Å²) in [4.78, 5) is 12.4. The second kappa shape index (κ2) is 6.27. The van der Waals surface area contributed by atoms with E-state index in [1.165, 1.54) is 0 Å². The van der Waals surface area contributed by atoms with Crippen molar-refractivity contribution >= 4 is 32.4 Å². The third-order valence-electron chi connectivity index (χ3n) is 6.79. The Morgan fingerprint density at radius 3 is 2.82 bits per heavy atom. The fourth-order valence-electron chi connectivity index (χ4n) is 5.49. The number of sulfonamides is 1. The molecule has 2 aliphatic heterocycles. The molecule has 1 spiro atoms. The van der Waals surface area contributed by atoms with E-state index in [4.69, 9.17) is 4.74 Å². The first kappa shape index (κ1) is 18.1. The highest BCUT2D eigenvalue weighted by molar-refractivity contribution is 7.89. The zero-order valence-electron chi connectivity index (χ0n) is 15.9. The second-order valence-corrected chi connectivity index (χ2v) is 10.1. The first-order valence-corrected chi connectivity index (χ1v) is 11.3. The number of nitrogens with zero attached hydrogens (tertiary/aromatic N) is 1. The minimum Gasteiger partial charge on any atom is -0.381 e. The van der Waals surface area contributed by atoms with Crippen LogP contribution in [0.15, 0.2) is 35.2 Å². The Balaban J connectivity index is 1.58. The summed E-state index contributed by atoms with van der Waals surface area (Å²) in [6, 6.07) is 8.62. The Kier molecular flexibility index (Phi) is 4.05. The van der Waals surface area contributed by atoms with E-state index in [0.717, 1.165) is 32.1 Å². The Morgan fingerprint density at radius 1 is 1.18 bits per heavy atom. The predicted octanol–water partition coefficient (Wildman–Crippen LogP) is 3.38. The van der Waals surface area contributed by atoms with E-state index in [2.05, 4.69) is 5.32 Å². The van der Waals surface area contributed by atoms with Crippen molar-refractivity contribution in [3.8, 4) is 0 Å². The lowest BCUT2D eigenvalue weighted by molar-refractivity contribution is -0.0184. The van der Waals surface area contributed by atoms with Crippen molar-refractivity contribution < 1.29 is 17.9 Å². The molecule has 1 aliphatic carbocycles. The number of nitrogens with one attached hydrogen (secondary N) is 1. The molecule has 1 saturated carbocycles. The molecule has 1 saturated heterocycles. The van der Waals surface area contributed by atoms with Gasteiger partial charge in [-0.05, 0) is 43.9 Å². The van der Waals surface area contributed by atoms with Gasteiger partial charge < -0.3 is 10.1 Å². The number of methoxy groups -OCH3 is 1. The average Bonchev–Trinajstić information content (AvgIpc) is 3.24. The lowest BCUT2D eigenvalue weighted by Crippen LogP contribution is -2.49. The van der Waals surface area contributed by atoms with Gasteiger partial charge in [-0.25, -0.2) is 8.42 Å². The SMILES string of the molecule is CO[C@@H]1CCC[C@]12CCCN(S(=O)(=O)c1ccc3c4c(cccc14)C(=O)N3)C2. The lowest BCUT2D eigenvalue weighted by Gasteiger charge is -2.43. The summed E-state index contributed by atoms with van der Waals surface area (Å²) >= 11 is 0. The molecule has 0 unspecified atom stereocenters. The highest BCUT2D eigenvalue weighted by Crippen LogP contribution is 2.48. The second-order valence-electron chi connectivity index (χ2n) is 8.21. The molecule has 28 heavy (non-hydrogen) atoms. The zero-order valence-corrected chi connectivity index (χ0v) is 16.7. The summed E-state index contributed by atoms with van der Waals surface area (Å²) < 4.78 is 34.6. The summed E-state index contributed by atoms with van der Waals surface area (Å²) in [6.07, 6.45) is 5.08. The standard InChI is InChI=1S/C21H24N2O4S/c1-27-18-7-3-10-21(18)11-4-12-23(13-21)28(25,26)17-9-8-16-19-14(17)5-2-6-15(19)20(24)22-16/h2,5-6,8-9,18H,3-4,7,10-13H2,1H3,(H,22,24)/t18-,21-/m1/s1. The van der Waals surface area contributed by atoms with Crippen LogP contribution in [0.25, 0.3) is 10.8 Å². The number of amides is 1. The maximum atomic E-state index is 13.6. The minimum absolute atomic E-state index is 0.0769. The maximum absolute atomic E-state index is 13.6. The molecule has 2 aromatic rings. The quantitative estimate of drug-likeness (QED) is 0.857. The van der Waals surface area contributed by atoms with Gasteiger partial charge in [0, 0.05) is 47.6 Å². The fraction of sp³-hybridized carbons (Fsp3) is 0.476. The van der Waals surface area contributed by atoms with E-state index < -0.39 is 10.0 Å². The number of carbonyl (C=O) groups excluding carboxylic acids is 1. The number of hydrogen-bond donors (Lipinski definition) is 1. The Labute approximate surface area is 164 Å². The molecular weight excluding hydrogens is 376 g/mol. The van der Waals surface area contributed by atoms with E-state index in [0.29, 0.717) is 35.1 Å². The number of ether oxygens (including phenoxy) is 1. The van der Waals surface area contributed by atoms with Gasteiger partial charge in [0.2, 0.25) is 10.0 Å². The third-order valence-corrected chi connectivity index (χ3v) is 8.70. The van der Waals surface area contributed by atoms with Crippen molar-refractivity contribution in [2.75, 3.05) is 25.5 Å². The smallest absolute Gasteiger partial charge is 0.256 e. The molecule has 3 aliphatic rings. The van der Waals surface area contributed by atoms with Crippen molar-refractivity contribution in [3.05, 3.63) is 35.9 Å². The van der Waals surface area contributed by atoms with Gasteiger partial charge in [0.1, 0.15) is 0 Å². The summed E-state index contributed by atoms with van der Waals surface area (Å²) in [5.74, 6) is -0.180. The van der Waals surface area contributed by atoms with Gasteiger partial charge in [0.05, 0.1) is 11.0 Å². The molecule has 7 heteroatoms. The normalized spacial score (nSPS) is 27.6. The van der Waals surface area contributed by atoms with E-state index in [1.807, 2.05) is 0 Å². The molecule has 2 heterocycles. The number of anilines is 1. The summed E-state index contributed by atoms with van der Waals surface area (Å²) in [6.45, 7) is 1.04. The van der Waals surface area contributed by atoms with Gasteiger partial charge in [-0.1, -0.05) is 18.6 Å². The maximum Gasteiger partial charge on any atom is 0.256 e. The van der Waals surface area contributed by atoms with Crippen LogP contribution < -0.4 is 5.32 Å². The Morgan fingerprint density at radius 2 is 2.00 bits per heavy atom. The summed E-state index contributed by atoms with van der Waals surface area (Å²) in [5.41, 5.74) is 1.14. The van der Waals surface area contributed by atoms with E-state index in [1.54, 1.807) is 41.7 Å². The zero-order chi connectivity index (χ0) is 19.5. The fourth-order valence-corrected chi connectivity index (χ4v) is 7.25. The molecule has 0 aromatic heterocycles. The van der Waals surface area contributed by atoms with Crippen molar-refractivity contribution in [1.29, 1.82) is 0 Å². The molecule has 2 aromatic carbocycles. The highest BCUT2D eigenvalue weighted by Gasteiger charge is 2.48. The van der Waals surface area contributed by atoms with Gasteiger partial charge in [-0.15, -0.1) is 0 Å². The molecular formula is C21H24N2O4S. The number of hydrogen-bond acceptors (Lipinski definition) is 4. The molecule has 5 rings (SSSR count). The molecule has 1 amide bonds. The highest BCUT2D eigenvalue weighted by atomic mass is 32.2.